The topological polar surface area (TPSA) is 281 Å². The van der Waals surface area contributed by atoms with Crippen molar-refractivity contribution in [2.45, 2.75) is 126 Å². The van der Waals surface area contributed by atoms with Gasteiger partial charge in [0, 0.05) is 39.3 Å². The molecule has 18 nitrogen and oxygen atoms in total. The van der Waals surface area contributed by atoms with Crippen molar-refractivity contribution in [2.24, 2.45) is 11.5 Å². The second-order valence-electron chi connectivity index (χ2n) is 23.6. The summed E-state index contributed by atoms with van der Waals surface area (Å²) in [6.45, 7) is 2.95. The van der Waals surface area contributed by atoms with E-state index in [0.717, 1.165) is 47.6 Å². The van der Waals surface area contributed by atoms with Crippen LogP contribution in [0.5, 0.6) is 23.0 Å². The maximum atomic E-state index is 13.2. The molecule has 0 unspecified atom stereocenters. The van der Waals surface area contributed by atoms with Gasteiger partial charge in [-0.05, 0) is 169 Å². The monoisotopic (exact) mass is 1400 g/mol. The van der Waals surface area contributed by atoms with Crippen molar-refractivity contribution in [1.29, 1.82) is 0 Å². The number of aliphatic hydroxyl groups is 4. The summed E-state index contributed by atoms with van der Waals surface area (Å²) in [5, 5.41) is 46.7. The smallest absolute Gasteiger partial charge is 0.264 e. The summed E-state index contributed by atoms with van der Waals surface area (Å²) in [6.07, 6.45) is 1.90. The van der Waals surface area contributed by atoms with Crippen LogP contribution in [0.2, 0.25) is 0 Å². The number of benzene rings is 8. The molecule has 0 aromatic heterocycles. The average molecular weight is 1400 g/mol. The number of aliphatic hydroxyl groups excluding tert-OH is 4. The number of hydrogen-bond acceptors (Lipinski definition) is 18. The third-order valence-electron chi connectivity index (χ3n) is 15.8. The van der Waals surface area contributed by atoms with Crippen LogP contribution in [0.15, 0.2) is 194 Å². The van der Waals surface area contributed by atoms with Crippen LogP contribution in [0.4, 0.5) is 17.6 Å². The Morgan fingerprint density at radius 2 is 0.643 bits per heavy atom. The molecule has 8 aromatic rings. The highest BCUT2D eigenvalue weighted by Crippen LogP contribution is 2.33. The molecule has 0 saturated carbocycles. The molecule has 0 fully saturated rings. The molecule has 8 atom stereocenters. The lowest BCUT2D eigenvalue weighted by Crippen LogP contribution is -2.41. The van der Waals surface area contributed by atoms with Crippen LogP contribution in [0, 0.1) is 23.3 Å². The largest absolute Gasteiger partial charge is 0.487 e. The Labute approximate surface area is 571 Å². The van der Waals surface area contributed by atoms with E-state index in [2.05, 4.69) is 19.0 Å². The van der Waals surface area contributed by atoms with Gasteiger partial charge in [0.2, 0.25) is 0 Å². The predicted molar refractivity (Wildman–Crippen MR) is 367 cm³/mol. The van der Waals surface area contributed by atoms with Gasteiger partial charge < -0.3 is 61.5 Å². The van der Waals surface area contributed by atoms with Gasteiger partial charge in [0.05, 0.1) is 25.7 Å². The van der Waals surface area contributed by atoms with Gasteiger partial charge in [-0.15, -0.1) is 0 Å². The fraction of sp³-hybridized carbons (Fsp3) is 0.351. The number of ether oxygens (including phenoxy) is 4. The lowest BCUT2D eigenvalue weighted by Gasteiger charge is -2.29. The van der Waals surface area contributed by atoms with Crippen LogP contribution in [0.3, 0.4) is 0 Å². The summed E-state index contributed by atoms with van der Waals surface area (Å²) in [7, 11) is -7.18. The number of halogens is 4. The van der Waals surface area contributed by atoms with Crippen molar-refractivity contribution in [3.05, 3.63) is 262 Å². The van der Waals surface area contributed by atoms with Crippen LogP contribution in [0.1, 0.15) is 70.2 Å². The van der Waals surface area contributed by atoms with Gasteiger partial charge in [-0.2, -0.15) is 16.8 Å². The zero-order chi connectivity index (χ0) is 70.5. The number of fused-ring (bicyclic) bond motifs is 4. The lowest BCUT2D eigenvalue weighted by atomic mass is 9.99. The first-order chi connectivity index (χ1) is 47.0. The first-order valence-electron chi connectivity index (χ1n) is 32.2. The van der Waals surface area contributed by atoms with E-state index in [1.807, 2.05) is 121 Å². The van der Waals surface area contributed by atoms with Gasteiger partial charge in [0.15, 0.2) is 0 Å². The van der Waals surface area contributed by atoms with E-state index in [9.17, 15) is 54.8 Å². The van der Waals surface area contributed by atoms with Crippen molar-refractivity contribution in [3.8, 4) is 23.0 Å². The Bertz CT molecular complexity index is 3650. The maximum absolute atomic E-state index is 13.2. The summed E-state index contributed by atoms with van der Waals surface area (Å²) in [5.74, 6) is 1.23. The predicted octanol–water partition coefficient (Wildman–Crippen LogP) is 9.34. The first kappa shape index (κ1) is 77.5. The van der Waals surface area contributed by atoms with Gasteiger partial charge in [-0.1, -0.05) is 121 Å². The van der Waals surface area contributed by atoms with Crippen LogP contribution < -0.4 is 41.0 Å². The molecule has 4 heterocycles. The molecule has 0 aliphatic carbocycles. The molecular weight excluding hydrogens is 1310 g/mol. The third-order valence-corrected chi connectivity index (χ3v) is 17.0. The van der Waals surface area contributed by atoms with Crippen molar-refractivity contribution >= 4 is 20.2 Å². The third kappa shape index (κ3) is 27.5. The highest BCUT2D eigenvalue weighted by atomic mass is 32.2. The zero-order valence-electron chi connectivity index (χ0n) is 54.8. The Balaban J connectivity index is 0.000000171. The number of nitrogens with one attached hydrogen (secondary N) is 2. The lowest BCUT2D eigenvalue weighted by molar-refractivity contribution is -0.00188. The van der Waals surface area contributed by atoms with Crippen LogP contribution in [-0.2, 0) is 80.5 Å². The Kier molecular flexibility index (Phi) is 31.4. The van der Waals surface area contributed by atoms with Gasteiger partial charge in [-0.3, -0.25) is 8.37 Å². The van der Waals surface area contributed by atoms with E-state index in [0.29, 0.717) is 101 Å². The molecule has 10 N–H and O–H groups in total. The number of hydrogen-bond donors (Lipinski definition) is 8. The second kappa shape index (κ2) is 39.7. The molecule has 4 aliphatic rings. The molecule has 4 aliphatic heterocycles. The fourth-order valence-electron chi connectivity index (χ4n) is 10.6. The molecule has 8 aromatic carbocycles. The van der Waals surface area contributed by atoms with Gasteiger partial charge in [0.25, 0.3) is 20.2 Å². The second-order valence-corrected chi connectivity index (χ2v) is 26.9. The van der Waals surface area contributed by atoms with Gasteiger partial charge in [-0.25, -0.2) is 17.6 Å². The van der Waals surface area contributed by atoms with Crippen molar-refractivity contribution in [1.82, 2.24) is 10.6 Å². The Morgan fingerprint density at radius 3 is 0.878 bits per heavy atom. The molecular formula is C74H88F4N4O14S2. The highest BCUT2D eigenvalue weighted by Gasteiger charge is 2.31. The Hall–Kier alpha value is -7.82. The summed E-state index contributed by atoms with van der Waals surface area (Å²) in [4.78, 5) is 0. The van der Waals surface area contributed by atoms with Crippen molar-refractivity contribution in [3.63, 3.8) is 0 Å². The van der Waals surface area contributed by atoms with Crippen molar-refractivity contribution < 1.29 is 82.1 Å². The molecule has 0 radical (unpaired) electrons. The molecule has 12 rings (SSSR count). The first-order valence-corrected chi connectivity index (χ1v) is 35.8. The van der Waals surface area contributed by atoms with Crippen LogP contribution in [-0.4, -0.2) is 125 Å². The molecule has 98 heavy (non-hydrogen) atoms. The summed E-state index contributed by atoms with van der Waals surface area (Å²) in [6, 6.07) is 57.5. The van der Waals surface area contributed by atoms with E-state index in [4.69, 9.17) is 30.4 Å². The average Bonchev–Trinajstić information content (AvgIpc) is 0.850. The molecule has 0 amide bonds. The quantitative estimate of drug-likeness (QED) is 0.0260. The van der Waals surface area contributed by atoms with E-state index in [-0.39, 0.29) is 48.7 Å². The molecule has 24 heteroatoms. The molecule has 0 saturated heterocycles. The Morgan fingerprint density at radius 1 is 0.398 bits per heavy atom. The highest BCUT2D eigenvalue weighted by molar-refractivity contribution is 7.86. The molecule has 0 bridgehead atoms. The molecule has 0 spiro atoms. The number of aryl methyl sites for hydroxylation is 4. The van der Waals surface area contributed by atoms with Crippen molar-refractivity contribution in [2.75, 3.05) is 38.8 Å². The fourth-order valence-corrected chi connectivity index (χ4v) is 11.4. The minimum absolute atomic E-state index is 0.245. The van der Waals surface area contributed by atoms with Crippen LogP contribution in [0.25, 0.3) is 0 Å². The summed E-state index contributed by atoms with van der Waals surface area (Å²) < 4.78 is 127. The van der Waals surface area contributed by atoms with Crippen LogP contribution >= 0.6 is 0 Å². The minimum atomic E-state index is -3.59. The van der Waals surface area contributed by atoms with E-state index >= 15 is 0 Å². The standard InChI is InChI=1S/2C18H20FNO2.2C12H15FO5S.2C7H9N/c2*19-15-7-9-17-14(10-15)6-8-18(22-17)16(21)12-20-11-13-4-2-1-3-5-13;2*1-19(15,16)17-7-10(14)12-4-2-8-6-9(13)3-5-11(8)18-12;2*8-6-7-4-2-1-3-5-7/h2*1-5,7,9-10,16,18,20-21H,6,8,11-12H2;2*3,5-6,10,12,14H,2,4,7H2,1H3;2*1-5H,6,8H2/t16-,18+;16-,18-;10-,12+;10-,12-;;/m1111../s1. The normalized spacial score (nSPS) is 17.7. The molecule has 528 valence electrons. The van der Waals surface area contributed by atoms with Gasteiger partial charge >= 0.3 is 0 Å². The van der Waals surface area contributed by atoms with E-state index in [1.54, 1.807) is 12.1 Å². The minimum Gasteiger partial charge on any atom is -0.487 e. The van der Waals surface area contributed by atoms with E-state index < -0.39 is 56.9 Å². The number of rotatable bonds is 20. The zero-order valence-corrected chi connectivity index (χ0v) is 56.4. The van der Waals surface area contributed by atoms with Gasteiger partial charge in [0.1, 0.15) is 95.1 Å². The number of nitrogens with two attached hydrogens (primary N) is 2. The summed E-state index contributed by atoms with van der Waals surface area (Å²) >= 11 is 0. The maximum Gasteiger partial charge on any atom is 0.264 e. The van der Waals surface area contributed by atoms with E-state index in [1.165, 1.54) is 82.9 Å². The SMILES string of the molecule is CS(=O)(=O)OC[C@@H](O)[C@@H]1CCc2cc(F)ccc2O1.CS(=O)(=O)OC[C@@H](O)[C@H]1CCc2cc(F)ccc2O1.NCc1ccccc1.NCc1ccccc1.O[C@H](CNCc1ccccc1)[C@@H]1CCc2cc(F)ccc2O1.O[C@H](CNCc1ccccc1)[C@H]1CCc2cc(F)ccc2O1. The summed E-state index contributed by atoms with van der Waals surface area (Å²) in [5.41, 5.74) is 18.7.